The van der Waals surface area contributed by atoms with Crippen LogP contribution in [0, 0.1) is 17.7 Å². The van der Waals surface area contributed by atoms with Crippen LogP contribution in [0.2, 0.25) is 0 Å². The first kappa shape index (κ1) is 15.0. The van der Waals surface area contributed by atoms with Crippen LogP contribution in [0.25, 0.3) is 0 Å². The second-order valence-corrected chi connectivity index (χ2v) is 4.74. The molecule has 1 N–H and O–H groups in total. The van der Waals surface area contributed by atoms with Gasteiger partial charge in [0, 0.05) is 19.0 Å². The summed E-state index contributed by atoms with van der Waals surface area (Å²) in [4.78, 5) is 25.9. The van der Waals surface area contributed by atoms with Crippen LogP contribution in [0.3, 0.4) is 0 Å². The van der Waals surface area contributed by atoms with E-state index in [2.05, 4.69) is 11.8 Å². The highest BCUT2D eigenvalue weighted by Gasteiger charge is 2.33. The Labute approximate surface area is 122 Å². The zero-order valence-electron chi connectivity index (χ0n) is 11.6. The number of imide groups is 1. The van der Waals surface area contributed by atoms with Crippen molar-refractivity contribution in [1.29, 1.82) is 0 Å². The Balaban J connectivity index is 2.19. The third kappa shape index (κ3) is 3.58. The van der Waals surface area contributed by atoms with Crippen LogP contribution in [-0.2, 0) is 11.3 Å². The molecule has 1 aromatic rings. The summed E-state index contributed by atoms with van der Waals surface area (Å²) in [5, 5.41) is 8.66. The van der Waals surface area contributed by atoms with Gasteiger partial charge in [-0.1, -0.05) is 11.8 Å². The number of urea groups is 1. The smallest absolute Gasteiger partial charge is 0.327 e. The summed E-state index contributed by atoms with van der Waals surface area (Å²) in [5.74, 6) is 4.65. The fourth-order valence-electron chi connectivity index (χ4n) is 2.04. The van der Waals surface area contributed by atoms with Crippen molar-refractivity contribution in [3.8, 4) is 11.8 Å². The molecular formula is C15H15FN2O3. The molecule has 0 unspecified atom stereocenters. The molecule has 1 aliphatic heterocycles. The minimum atomic E-state index is -0.478. The summed E-state index contributed by atoms with van der Waals surface area (Å²) < 4.78 is 13.6. The van der Waals surface area contributed by atoms with E-state index in [-0.39, 0.29) is 25.6 Å². The third-order valence-electron chi connectivity index (χ3n) is 3.00. The quantitative estimate of drug-likeness (QED) is 0.666. The molecule has 1 saturated heterocycles. The Kier molecular flexibility index (Phi) is 4.55. The largest absolute Gasteiger partial charge is 0.395 e. The molecule has 0 saturated carbocycles. The molecule has 6 heteroatoms. The lowest BCUT2D eigenvalue weighted by Gasteiger charge is -2.14. The number of hydrogen-bond donors (Lipinski definition) is 1. The maximum absolute atomic E-state index is 13.6. The Morgan fingerprint density at radius 2 is 2.10 bits per heavy atom. The highest BCUT2D eigenvalue weighted by molar-refractivity contribution is 6.01. The molecule has 1 aliphatic rings. The van der Waals surface area contributed by atoms with E-state index >= 15 is 0 Å². The summed E-state index contributed by atoms with van der Waals surface area (Å²) in [7, 11) is 1.54. The summed E-state index contributed by atoms with van der Waals surface area (Å²) in [6, 6.07) is 3.79. The SMILES string of the molecule is CN1CC(=O)N(Cc2cc(F)cc(C#CCCO)c2)C1=O. The number of aliphatic hydroxyl groups is 1. The average molecular weight is 290 g/mol. The highest BCUT2D eigenvalue weighted by Crippen LogP contribution is 2.15. The number of aliphatic hydroxyl groups excluding tert-OH is 1. The van der Waals surface area contributed by atoms with Gasteiger partial charge in [0.25, 0.3) is 5.91 Å². The van der Waals surface area contributed by atoms with Crippen LogP contribution in [0.1, 0.15) is 17.5 Å². The van der Waals surface area contributed by atoms with Crippen LogP contribution in [-0.4, -0.2) is 47.0 Å². The Bertz CT molecular complexity index is 634. The number of amides is 3. The number of hydrogen-bond acceptors (Lipinski definition) is 3. The van der Waals surface area contributed by atoms with Crippen LogP contribution in [0.15, 0.2) is 18.2 Å². The van der Waals surface area contributed by atoms with Crippen molar-refractivity contribution in [2.45, 2.75) is 13.0 Å². The summed E-state index contributed by atoms with van der Waals surface area (Å²) >= 11 is 0. The van der Waals surface area contributed by atoms with Crippen molar-refractivity contribution in [3.05, 3.63) is 35.1 Å². The number of halogens is 1. The summed E-state index contributed by atoms with van der Waals surface area (Å²) in [6.07, 6.45) is 0.305. The normalized spacial score (nSPS) is 14.4. The van der Waals surface area contributed by atoms with E-state index in [0.717, 1.165) is 4.90 Å². The number of carbonyl (C=O) groups is 2. The third-order valence-corrected chi connectivity index (χ3v) is 3.00. The molecule has 3 amide bonds. The van der Waals surface area contributed by atoms with Gasteiger partial charge in [-0.15, -0.1) is 0 Å². The van der Waals surface area contributed by atoms with Gasteiger partial charge in [-0.05, 0) is 23.8 Å². The lowest BCUT2D eigenvalue weighted by atomic mass is 10.1. The molecule has 110 valence electrons. The van der Waals surface area contributed by atoms with Gasteiger partial charge in [-0.3, -0.25) is 9.69 Å². The first-order valence-corrected chi connectivity index (χ1v) is 6.46. The van der Waals surface area contributed by atoms with Gasteiger partial charge >= 0.3 is 6.03 Å². The Morgan fingerprint density at radius 3 is 2.71 bits per heavy atom. The van der Waals surface area contributed by atoms with Crippen LogP contribution < -0.4 is 0 Å². The van der Waals surface area contributed by atoms with Crippen molar-refractivity contribution in [3.63, 3.8) is 0 Å². The molecular weight excluding hydrogens is 275 g/mol. The van der Waals surface area contributed by atoms with E-state index < -0.39 is 11.8 Å². The van der Waals surface area contributed by atoms with Crippen molar-refractivity contribution in [2.24, 2.45) is 0 Å². The zero-order valence-corrected chi connectivity index (χ0v) is 11.6. The van der Waals surface area contributed by atoms with Crippen molar-refractivity contribution < 1.29 is 19.1 Å². The van der Waals surface area contributed by atoms with E-state index in [1.165, 1.54) is 24.1 Å². The number of nitrogens with zero attached hydrogens (tertiary/aromatic N) is 2. The molecule has 1 fully saturated rings. The van der Waals surface area contributed by atoms with E-state index in [9.17, 15) is 14.0 Å². The summed E-state index contributed by atoms with van der Waals surface area (Å²) in [6.45, 7) is 0.00402. The van der Waals surface area contributed by atoms with Crippen LogP contribution in [0.4, 0.5) is 9.18 Å². The van der Waals surface area contributed by atoms with Gasteiger partial charge < -0.3 is 10.0 Å². The molecule has 0 spiro atoms. The number of likely N-dealkylation sites (N-methyl/N-ethyl adjacent to an activating group) is 1. The molecule has 2 rings (SSSR count). The van der Waals surface area contributed by atoms with Crippen LogP contribution >= 0.6 is 0 Å². The van der Waals surface area contributed by atoms with Gasteiger partial charge in [0.2, 0.25) is 0 Å². The van der Waals surface area contributed by atoms with Gasteiger partial charge in [0.1, 0.15) is 12.4 Å². The van der Waals surface area contributed by atoms with Crippen molar-refractivity contribution in [2.75, 3.05) is 20.2 Å². The Morgan fingerprint density at radius 1 is 1.33 bits per heavy atom. The maximum atomic E-state index is 13.6. The van der Waals surface area contributed by atoms with E-state index in [1.54, 1.807) is 6.07 Å². The van der Waals surface area contributed by atoms with Crippen molar-refractivity contribution >= 4 is 11.9 Å². The predicted octanol–water partition coefficient (Wildman–Crippen LogP) is 0.954. The summed E-state index contributed by atoms with van der Waals surface area (Å²) in [5.41, 5.74) is 0.950. The number of rotatable bonds is 3. The lowest BCUT2D eigenvalue weighted by molar-refractivity contribution is -0.125. The first-order valence-electron chi connectivity index (χ1n) is 6.46. The molecule has 0 atom stereocenters. The number of carbonyl (C=O) groups excluding carboxylic acids is 2. The highest BCUT2D eigenvalue weighted by atomic mass is 19.1. The van der Waals surface area contributed by atoms with E-state index in [0.29, 0.717) is 17.5 Å². The Hall–Kier alpha value is -2.39. The standard InChI is InChI=1S/C15H15FN2O3/c1-17-10-14(20)18(15(17)21)9-12-6-11(4-2-3-5-19)7-13(16)8-12/h6-8,19H,3,5,9-10H2,1H3. The predicted molar refractivity (Wildman–Crippen MR) is 73.6 cm³/mol. The minimum Gasteiger partial charge on any atom is -0.395 e. The second-order valence-electron chi connectivity index (χ2n) is 4.74. The zero-order chi connectivity index (χ0) is 15.4. The lowest BCUT2D eigenvalue weighted by Crippen LogP contribution is -2.31. The molecule has 1 aromatic carbocycles. The van der Waals surface area contributed by atoms with Crippen molar-refractivity contribution in [1.82, 2.24) is 9.80 Å². The van der Waals surface area contributed by atoms with E-state index in [4.69, 9.17) is 5.11 Å². The molecule has 0 bridgehead atoms. The molecule has 21 heavy (non-hydrogen) atoms. The molecule has 0 aromatic heterocycles. The second kappa shape index (κ2) is 6.37. The van der Waals surface area contributed by atoms with Gasteiger partial charge in [0.05, 0.1) is 13.2 Å². The van der Waals surface area contributed by atoms with Gasteiger partial charge in [0.15, 0.2) is 0 Å². The van der Waals surface area contributed by atoms with Crippen LogP contribution in [0.5, 0.6) is 0 Å². The average Bonchev–Trinajstić information content (AvgIpc) is 2.65. The van der Waals surface area contributed by atoms with Gasteiger partial charge in [-0.25, -0.2) is 9.18 Å². The molecule has 0 aliphatic carbocycles. The fourth-order valence-corrected chi connectivity index (χ4v) is 2.04. The van der Waals surface area contributed by atoms with E-state index in [1.807, 2.05) is 0 Å². The topological polar surface area (TPSA) is 60.9 Å². The molecule has 1 heterocycles. The van der Waals surface area contributed by atoms with Gasteiger partial charge in [-0.2, -0.15) is 0 Å². The molecule has 0 radical (unpaired) electrons. The fraction of sp³-hybridized carbons (Fsp3) is 0.333. The molecule has 5 nitrogen and oxygen atoms in total. The maximum Gasteiger partial charge on any atom is 0.327 e. The first-order chi connectivity index (χ1) is 10.0. The monoisotopic (exact) mass is 290 g/mol. The number of benzene rings is 1. The minimum absolute atomic E-state index is 0.0223.